The number of rotatable bonds is 3. The highest BCUT2D eigenvalue weighted by molar-refractivity contribution is 6.31. The molecule has 0 saturated carbocycles. The maximum atomic E-state index is 6.41. The molecule has 1 unspecified atom stereocenters. The van der Waals surface area contributed by atoms with Crippen LogP contribution in [0.5, 0.6) is 5.75 Å². The maximum Gasteiger partial charge on any atom is 0.122 e. The Balaban J connectivity index is 2.46. The summed E-state index contributed by atoms with van der Waals surface area (Å²) in [6.07, 6.45) is 0. The zero-order chi connectivity index (χ0) is 14.9. The first-order valence-corrected chi connectivity index (χ1v) is 6.98. The fraction of sp³-hybridized carbons (Fsp3) is 0.294. The second-order valence-corrected chi connectivity index (χ2v) is 5.57. The lowest BCUT2D eigenvalue weighted by molar-refractivity contribution is 0.411. The van der Waals surface area contributed by atoms with Gasteiger partial charge in [0.1, 0.15) is 5.75 Å². The molecule has 0 heterocycles. The van der Waals surface area contributed by atoms with E-state index in [1.807, 2.05) is 45.0 Å². The molecule has 0 fully saturated rings. The zero-order valence-electron chi connectivity index (χ0n) is 12.3. The Morgan fingerprint density at radius 2 is 1.70 bits per heavy atom. The smallest absolute Gasteiger partial charge is 0.122 e. The molecule has 20 heavy (non-hydrogen) atoms. The average Bonchev–Trinajstić information content (AvgIpc) is 2.42. The number of aryl methyl sites for hydroxylation is 3. The summed E-state index contributed by atoms with van der Waals surface area (Å²) in [6.45, 7) is 6.05. The van der Waals surface area contributed by atoms with Gasteiger partial charge in [-0.05, 0) is 60.7 Å². The van der Waals surface area contributed by atoms with Crippen molar-refractivity contribution in [2.24, 2.45) is 5.73 Å². The predicted molar refractivity (Wildman–Crippen MR) is 84.7 cm³/mol. The van der Waals surface area contributed by atoms with E-state index in [4.69, 9.17) is 22.1 Å². The van der Waals surface area contributed by atoms with E-state index in [1.54, 1.807) is 7.11 Å². The van der Waals surface area contributed by atoms with Crippen LogP contribution >= 0.6 is 11.6 Å². The molecule has 2 N–H and O–H groups in total. The standard InChI is InChI=1S/C17H20ClNO/c1-10-5-6-13(9-16(10)20-4)17(19)14-7-12(3)15(18)8-11(14)2/h5-9,17H,19H2,1-4H3. The van der Waals surface area contributed by atoms with Crippen LogP contribution in [-0.4, -0.2) is 7.11 Å². The highest BCUT2D eigenvalue weighted by Gasteiger charge is 2.14. The third-order valence-electron chi connectivity index (χ3n) is 3.67. The van der Waals surface area contributed by atoms with Crippen molar-refractivity contribution in [3.8, 4) is 5.75 Å². The minimum Gasteiger partial charge on any atom is -0.496 e. The lowest BCUT2D eigenvalue weighted by Gasteiger charge is -2.18. The molecule has 1 atom stereocenters. The molecule has 2 aromatic carbocycles. The molecule has 2 aromatic rings. The van der Waals surface area contributed by atoms with Crippen LogP contribution < -0.4 is 10.5 Å². The van der Waals surface area contributed by atoms with E-state index in [0.29, 0.717) is 0 Å². The summed E-state index contributed by atoms with van der Waals surface area (Å²) >= 11 is 6.14. The molecule has 0 aromatic heterocycles. The van der Waals surface area contributed by atoms with Crippen molar-refractivity contribution >= 4 is 11.6 Å². The van der Waals surface area contributed by atoms with Gasteiger partial charge >= 0.3 is 0 Å². The summed E-state index contributed by atoms with van der Waals surface area (Å²) in [5.41, 5.74) is 11.8. The second-order valence-electron chi connectivity index (χ2n) is 5.16. The Hall–Kier alpha value is -1.51. The van der Waals surface area contributed by atoms with Gasteiger partial charge in [0, 0.05) is 5.02 Å². The summed E-state index contributed by atoms with van der Waals surface area (Å²) in [6, 6.07) is 9.94. The highest BCUT2D eigenvalue weighted by Crippen LogP contribution is 2.30. The molecule has 0 aliphatic rings. The lowest BCUT2D eigenvalue weighted by Crippen LogP contribution is -2.14. The Morgan fingerprint density at radius 3 is 2.35 bits per heavy atom. The Morgan fingerprint density at radius 1 is 1.00 bits per heavy atom. The first-order chi connectivity index (χ1) is 9.43. The Labute approximate surface area is 125 Å². The molecule has 0 aliphatic carbocycles. The molecule has 0 aliphatic heterocycles. The van der Waals surface area contributed by atoms with E-state index in [1.165, 1.54) is 0 Å². The van der Waals surface area contributed by atoms with Crippen LogP contribution in [0.2, 0.25) is 5.02 Å². The van der Waals surface area contributed by atoms with Crippen molar-refractivity contribution < 1.29 is 4.74 Å². The van der Waals surface area contributed by atoms with Crippen LogP contribution in [-0.2, 0) is 0 Å². The van der Waals surface area contributed by atoms with Crippen molar-refractivity contribution in [3.63, 3.8) is 0 Å². The minimum atomic E-state index is -0.180. The predicted octanol–water partition coefficient (Wildman–Crippen LogP) is 4.32. The van der Waals surface area contributed by atoms with Gasteiger partial charge in [-0.2, -0.15) is 0 Å². The first-order valence-electron chi connectivity index (χ1n) is 6.60. The fourth-order valence-electron chi connectivity index (χ4n) is 2.35. The molecule has 0 radical (unpaired) electrons. The van der Waals surface area contributed by atoms with Crippen LogP contribution in [0.25, 0.3) is 0 Å². The maximum absolute atomic E-state index is 6.41. The summed E-state index contributed by atoms with van der Waals surface area (Å²) < 4.78 is 5.37. The molecule has 106 valence electrons. The van der Waals surface area contributed by atoms with Gasteiger partial charge in [0.15, 0.2) is 0 Å². The number of hydrogen-bond acceptors (Lipinski definition) is 2. The van der Waals surface area contributed by atoms with Gasteiger partial charge in [-0.3, -0.25) is 0 Å². The Kier molecular flexibility index (Phi) is 4.36. The quantitative estimate of drug-likeness (QED) is 0.913. The topological polar surface area (TPSA) is 35.2 Å². The van der Waals surface area contributed by atoms with Crippen LogP contribution in [0.3, 0.4) is 0 Å². The first kappa shape index (κ1) is 14.9. The van der Waals surface area contributed by atoms with Gasteiger partial charge in [0.25, 0.3) is 0 Å². The summed E-state index contributed by atoms with van der Waals surface area (Å²) in [4.78, 5) is 0. The van der Waals surface area contributed by atoms with Crippen molar-refractivity contribution in [1.82, 2.24) is 0 Å². The average molecular weight is 290 g/mol. The van der Waals surface area contributed by atoms with Crippen LogP contribution in [0.1, 0.15) is 33.9 Å². The van der Waals surface area contributed by atoms with E-state index < -0.39 is 0 Å². The van der Waals surface area contributed by atoms with Crippen molar-refractivity contribution in [2.45, 2.75) is 26.8 Å². The van der Waals surface area contributed by atoms with Crippen molar-refractivity contribution in [2.75, 3.05) is 7.11 Å². The summed E-state index contributed by atoms with van der Waals surface area (Å²) in [7, 11) is 1.68. The van der Waals surface area contributed by atoms with Gasteiger partial charge in [0.2, 0.25) is 0 Å². The van der Waals surface area contributed by atoms with Gasteiger partial charge < -0.3 is 10.5 Å². The molecule has 3 heteroatoms. The number of nitrogens with two attached hydrogens (primary N) is 1. The third kappa shape index (κ3) is 2.82. The van der Waals surface area contributed by atoms with E-state index in [0.717, 1.165) is 38.6 Å². The van der Waals surface area contributed by atoms with Gasteiger partial charge in [-0.15, -0.1) is 0 Å². The van der Waals surface area contributed by atoms with Gasteiger partial charge in [0.05, 0.1) is 13.2 Å². The number of ether oxygens (including phenoxy) is 1. The van der Waals surface area contributed by atoms with Crippen LogP contribution in [0, 0.1) is 20.8 Å². The van der Waals surface area contributed by atoms with E-state index in [9.17, 15) is 0 Å². The van der Waals surface area contributed by atoms with Gasteiger partial charge in [-0.25, -0.2) is 0 Å². The monoisotopic (exact) mass is 289 g/mol. The highest BCUT2D eigenvalue weighted by atomic mass is 35.5. The molecular weight excluding hydrogens is 270 g/mol. The summed E-state index contributed by atoms with van der Waals surface area (Å²) in [5, 5.41) is 0.778. The fourth-order valence-corrected chi connectivity index (χ4v) is 2.57. The third-order valence-corrected chi connectivity index (χ3v) is 4.08. The van der Waals surface area contributed by atoms with E-state index >= 15 is 0 Å². The number of hydrogen-bond donors (Lipinski definition) is 1. The minimum absolute atomic E-state index is 0.180. The number of halogens is 1. The molecular formula is C17H20ClNO. The number of methoxy groups -OCH3 is 1. The molecule has 0 amide bonds. The molecule has 0 saturated heterocycles. The molecule has 0 spiro atoms. The van der Waals surface area contributed by atoms with E-state index in [-0.39, 0.29) is 6.04 Å². The number of benzene rings is 2. The molecule has 2 rings (SSSR count). The second kappa shape index (κ2) is 5.86. The largest absolute Gasteiger partial charge is 0.496 e. The van der Waals surface area contributed by atoms with Crippen molar-refractivity contribution in [3.05, 3.63) is 63.2 Å². The molecule has 0 bridgehead atoms. The summed E-state index contributed by atoms with van der Waals surface area (Å²) in [5.74, 6) is 0.862. The SMILES string of the molecule is COc1cc(C(N)c2cc(C)c(Cl)cc2C)ccc1C. The van der Waals surface area contributed by atoms with Gasteiger partial charge in [-0.1, -0.05) is 29.8 Å². The lowest BCUT2D eigenvalue weighted by atomic mass is 9.93. The Bertz CT molecular complexity index is 637. The molecule has 2 nitrogen and oxygen atoms in total. The van der Waals surface area contributed by atoms with Crippen LogP contribution in [0.4, 0.5) is 0 Å². The van der Waals surface area contributed by atoms with Crippen LogP contribution in [0.15, 0.2) is 30.3 Å². The van der Waals surface area contributed by atoms with Crippen molar-refractivity contribution in [1.29, 1.82) is 0 Å². The normalized spacial score (nSPS) is 12.3. The van der Waals surface area contributed by atoms with E-state index in [2.05, 4.69) is 6.07 Å². The zero-order valence-corrected chi connectivity index (χ0v) is 13.1.